The van der Waals surface area contributed by atoms with E-state index in [0.717, 1.165) is 0 Å². The number of carbonyl (C=O) groups is 1. The van der Waals surface area contributed by atoms with Gasteiger partial charge in [0.15, 0.2) is 0 Å². The minimum absolute atomic E-state index is 0.607. The summed E-state index contributed by atoms with van der Waals surface area (Å²) in [6, 6.07) is 3.99. The van der Waals surface area contributed by atoms with Gasteiger partial charge < -0.3 is 4.79 Å². The standard InChI is InChI=1S/C10H13N.CH2O/c1-9(2)5-6-10-4-3-7-11-8-10;1-2/h3-9H,1-2H3;1H2/b6-5+;. The van der Waals surface area contributed by atoms with E-state index in [1.165, 1.54) is 5.56 Å². The molecule has 2 heteroatoms. The first-order valence-electron chi connectivity index (χ1n) is 4.16. The molecule has 13 heavy (non-hydrogen) atoms. The Kier molecular flexibility index (Phi) is 6.42. The Hall–Kier alpha value is -1.44. The van der Waals surface area contributed by atoms with Gasteiger partial charge in [0.25, 0.3) is 0 Å². The van der Waals surface area contributed by atoms with Gasteiger partial charge in [0.2, 0.25) is 0 Å². The van der Waals surface area contributed by atoms with Crippen LogP contribution in [0.5, 0.6) is 0 Å². The lowest BCUT2D eigenvalue weighted by Gasteiger charge is -1.93. The van der Waals surface area contributed by atoms with E-state index in [4.69, 9.17) is 4.79 Å². The number of allylic oxidation sites excluding steroid dienone is 1. The number of aromatic nitrogens is 1. The average Bonchev–Trinajstić information content (AvgIpc) is 2.19. The Morgan fingerprint density at radius 2 is 2.15 bits per heavy atom. The molecule has 70 valence electrons. The molecule has 0 unspecified atom stereocenters. The largest absolute Gasteiger partial charge is 0.307 e. The maximum atomic E-state index is 8.00. The van der Waals surface area contributed by atoms with Crippen molar-refractivity contribution < 1.29 is 4.79 Å². The summed E-state index contributed by atoms with van der Waals surface area (Å²) in [5.41, 5.74) is 1.17. The van der Waals surface area contributed by atoms with E-state index >= 15 is 0 Å². The summed E-state index contributed by atoms with van der Waals surface area (Å²) in [5, 5.41) is 0. The van der Waals surface area contributed by atoms with Crippen molar-refractivity contribution in [3.8, 4) is 0 Å². The highest BCUT2D eigenvalue weighted by Gasteiger charge is 1.85. The maximum Gasteiger partial charge on any atom is 0.106 e. The van der Waals surface area contributed by atoms with Crippen LogP contribution >= 0.6 is 0 Å². The van der Waals surface area contributed by atoms with Crippen LogP contribution in [0.2, 0.25) is 0 Å². The minimum atomic E-state index is 0.607. The van der Waals surface area contributed by atoms with Crippen molar-refractivity contribution in [3.05, 3.63) is 36.2 Å². The third-order valence-corrected chi connectivity index (χ3v) is 1.36. The summed E-state index contributed by atoms with van der Waals surface area (Å²) in [6.45, 7) is 6.32. The fourth-order valence-corrected chi connectivity index (χ4v) is 0.778. The lowest BCUT2D eigenvalue weighted by atomic mass is 10.1. The van der Waals surface area contributed by atoms with Crippen LogP contribution in [0.15, 0.2) is 30.6 Å². The van der Waals surface area contributed by atoms with Crippen LogP contribution in [0.1, 0.15) is 19.4 Å². The molecule has 0 aliphatic heterocycles. The molecule has 0 aliphatic rings. The molecule has 0 spiro atoms. The summed E-state index contributed by atoms with van der Waals surface area (Å²) in [7, 11) is 0. The SMILES string of the molecule is C=O.CC(C)/C=C/c1cccnc1. The summed E-state index contributed by atoms with van der Waals surface area (Å²) in [6.07, 6.45) is 7.90. The van der Waals surface area contributed by atoms with Gasteiger partial charge in [-0.3, -0.25) is 4.98 Å². The first kappa shape index (κ1) is 11.6. The topological polar surface area (TPSA) is 30.0 Å². The van der Waals surface area contributed by atoms with Gasteiger partial charge in [-0.15, -0.1) is 0 Å². The van der Waals surface area contributed by atoms with Gasteiger partial charge >= 0.3 is 0 Å². The van der Waals surface area contributed by atoms with Gasteiger partial charge in [0.05, 0.1) is 0 Å². The molecule has 0 saturated heterocycles. The molecule has 0 atom stereocenters. The zero-order valence-corrected chi connectivity index (χ0v) is 8.10. The van der Waals surface area contributed by atoms with Crippen LogP contribution in [0.25, 0.3) is 6.08 Å². The van der Waals surface area contributed by atoms with Crippen LogP contribution in [0.3, 0.4) is 0 Å². The molecule has 0 bridgehead atoms. The Bertz CT molecular complexity index is 242. The monoisotopic (exact) mass is 177 g/mol. The molecule has 0 N–H and O–H groups in total. The molecule has 0 amide bonds. The van der Waals surface area contributed by atoms with Crippen molar-refractivity contribution in [1.82, 2.24) is 4.98 Å². The Morgan fingerprint density at radius 1 is 1.46 bits per heavy atom. The van der Waals surface area contributed by atoms with Gasteiger partial charge in [-0.1, -0.05) is 32.1 Å². The van der Waals surface area contributed by atoms with E-state index in [2.05, 4.69) is 31.0 Å². The van der Waals surface area contributed by atoms with Crippen molar-refractivity contribution in [2.75, 3.05) is 0 Å². The molecule has 1 aromatic heterocycles. The Morgan fingerprint density at radius 3 is 2.62 bits per heavy atom. The van der Waals surface area contributed by atoms with Crippen LogP contribution in [-0.4, -0.2) is 11.8 Å². The van der Waals surface area contributed by atoms with Gasteiger partial charge in [0, 0.05) is 12.4 Å². The van der Waals surface area contributed by atoms with Gasteiger partial charge in [-0.2, -0.15) is 0 Å². The van der Waals surface area contributed by atoms with Crippen molar-refractivity contribution >= 4 is 12.9 Å². The number of nitrogens with zero attached hydrogens (tertiary/aromatic N) is 1. The Labute approximate surface area is 79.3 Å². The first-order chi connectivity index (χ1) is 6.29. The average molecular weight is 177 g/mol. The smallest absolute Gasteiger partial charge is 0.106 e. The van der Waals surface area contributed by atoms with Crippen molar-refractivity contribution in [1.29, 1.82) is 0 Å². The van der Waals surface area contributed by atoms with E-state index in [1.54, 1.807) is 6.20 Å². The van der Waals surface area contributed by atoms with Gasteiger partial charge in [-0.05, 0) is 17.5 Å². The van der Waals surface area contributed by atoms with Crippen LogP contribution in [-0.2, 0) is 4.79 Å². The van der Waals surface area contributed by atoms with Crippen LogP contribution < -0.4 is 0 Å². The molecule has 0 saturated carbocycles. The predicted octanol–water partition coefficient (Wildman–Crippen LogP) is 2.57. The van der Waals surface area contributed by atoms with E-state index in [9.17, 15) is 0 Å². The number of hydrogen-bond donors (Lipinski definition) is 0. The molecule has 0 aliphatic carbocycles. The molecular weight excluding hydrogens is 162 g/mol. The molecular formula is C11H15NO. The van der Waals surface area contributed by atoms with Gasteiger partial charge in [0.1, 0.15) is 6.79 Å². The number of hydrogen-bond acceptors (Lipinski definition) is 2. The summed E-state index contributed by atoms with van der Waals surface area (Å²) < 4.78 is 0. The highest BCUT2D eigenvalue weighted by Crippen LogP contribution is 2.02. The fourth-order valence-electron chi connectivity index (χ4n) is 0.778. The third kappa shape index (κ3) is 5.79. The van der Waals surface area contributed by atoms with E-state index in [1.807, 2.05) is 25.1 Å². The highest BCUT2D eigenvalue weighted by molar-refractivity contribution is 5.47. The molecule has 1 aromatic rings. The molecule has 0 radical (unpaired) electrons. The zero-order chi connectivity index (χ0) is 10.1. The minimum Gasteiger partial charge on any atom is -0.307 e. The normalized spacial score (nSPS) is 9.77. The highest BCUT2D eigenvalue weighted by atomic mass is 16.1. The lowest BCUT2D eigenvalue weighted by molar-refractivity contribution is -0.0979. The summed E-state index contributed by atoms with van der Waals surface area (Å²) in [4.78, 5) is 12.0. The molecule has 0 fully saturated rings. The zero-order valence-electron chi connectivity index (χ0n) is 8.10. The van der Waals surface area contributed by atoms with Gasteiger partial charge in [-0.25, -0.2) is 0 Å². The third-order valence-electron chi connectivity index (χ3n) is 1.36. The Balaban J connectivity index is 0.000000671. The first-order valence-corrected chi connectivity index (χ1v) is 4.16. The molecule has 2 nitrogen and oxygen atoms in total. The van der Waals surface area contributed by atoms with Crippen LogP contribution in [0, 0.1) is 5.92 Å². The van der Waals surface area contributed by atoms with E-state index in [-0.39, 0.29) is 0 Å². The lowest BCUT2D eigenvalue weighted by Crippen LogP contribution is -1.78. The summed E-state index contributed by atoms with van der Waals surface area (Å²) in [5.74, 6) is 0.607. The molecule has 0 aromatic carbocycles. The van der Waals surface area contributed by atoms with E-state index < -0.39 is 0 Å². The quantitative estimate of drug-likeness (QED) is 0.695. The second-order valence-electron chi connectivity index (χ2n) is 2.89. The van der Waals surface area contributed by atoms with Crippen molar-refractivity contribution in [2.45, 2.75) is 13.8 Å². The van der Waals surface area contributed by atoms with Crippen molar-refractivity contribution in [2.24, 2.45) is 5.92 Å². The van der Waals surface area contributed by atoms with Crippen molar-refractivity contribution in [3.63, 3.8) is 0 Å². The number of rotatable bonds is 2. The maximum absolute atomic E-state index is 8.00. The second-order valence-corrected chi connectivity index (χ2v) is 2.89. The second kappa shape index (κ2) is 7.22. The number of pyridine rings is 1. The summed E-state index contributed by atoms with van der Waals surface area (Å²) >= 11 is 0. The van der Waals surface area contributed by atoms with Crippen LogP contribution in [0.4, 0.5) is 0 Å². The molecule has 1 rings (SSSR count). The van der Waals surface area contributed by atoms with E-state index in [0.29, 0.717) is 5.92 Å². The molecule has 1 heterocycles. The fraction of sp³-hybridized carbons (Fsp3) is 0.273. The number of carbonyl (C=O) groups excluding carboxylic acids is 1. The predicted molar refractivity (Wildman–Crippen MR) is 55.2 cm³/mol.